The van der Waals surface area contributed by atoms with E-state index in [2.05, 4.69) is 17.0 Å². The lowest BCUT2D eigenvalue weighted by atomic mass is 10.00. The molecular weight excluding hydrogens is 268 g/mol. The fourth-order valence-corrected chi connectivity index (χ4v) is 2.86. The van der Waals surface area contributed by atoms with Crippen LogP contribution in [0.2, 0.25) is 0 Å². The van der Waals surface area contributed by atoms with Crippen LogP contribution in [0, 0.1) is 10.1 Å². The molecule has 0 amide bonds. The maximum Gasteiger partial charge on any atom is 0.269 e. The number of benzene rings is 2. The summed E-state index contributed by atoms with van der Waals surface area (Å²) in [6.45, 7) is 0.636. The van der Waals surface area contributed by atoms with Crippen LogP contribution in [0.15, 0.2) is 42.5 Å². The van der Waals surface area contributed by atoms with Crippen LogP contribution >= 0.6 is 0 Å². The first-order valence-electron chi connectivity index (χ1n) is 6.94. The number of nitro benzene ring substituents is 1. The van der Waals surface area contributed by atoms with Gasteiger partial charge in [-0.15, -0.1) is 0 Å². The van der Waals surface area contributed by atoms with Crippen LogP contribution in [0.1, 0.15) is 17.5 Å². The first-order valence-corrected chi connectivity index (χ1v) is 6.94. The normalized spacial score (nSPS) is 13.9. The molecule has 0 bridgehead atoms. The van der Waals surface area contributed by atoms with E-state index >= 15 is 0 Å². The largest absolute Gasteiger partial charge is 0.392 e. The van der Waals surface area contributed by atoms with Gasteiger partial charge in [-0.1, -0.05) is 18.2 Å². The minimum Gasteiger partial charge on any atom is -0.392 e. The molecule has 1 aliphatic rings. The second-order valence-electron chi connectivity index (χ2n) is 5.11. The summed E-state index contributed by atoms with van der Waals surface area (Å²) in [4.78, 5) is 12.6. The quantitative estimate of drug-likeness (QED) is 0.694. The van der Waals surface area contributed by atoms with Crippen LogP contribution in [0.5, 0.6) is 0 Å². The summed E-state index contributed by atoms with van der Waals surface area (Å²) in [6, 6.07) is 12.8. The third-order valence-electron chi connectivity index (χ3n) is 3.85. The Bertz CT molecular complexity index is 685. The Morgan fingerprint density at radius 3 is 2.76 bits per heavy atom. The van der Waals surface area contributed by atoms with Crippen molar-refractivity contribution in [2.75, 3.05) is 11.4 Å². The van der Waals surface area contributed by atoms with E-state index in [-0.39, 0.29) is 12.3 Å². The van der Waals surface area contributed by atoms with E-state index in [9.17, 15) is 15.2 Å². The molecule has 1 heterocycles. The van der Waals surface area contributed by atoms with Gasteiger partial charge in [0.2, 0.25) is 0 Å². The molecule has 0 atom stereocenters. The van der Waals surface area contributed by atoms with Gasteiger partial charge in [0, 0.05) is 35.6 Å². The van der Waals surface area contributed by atoms with E-state index in [0.29, 0.717) is 5.56 Å². The van der Waals surface area contributed by atoms with Crippen molar-refractivity contribution < 1.29 is 10.0 Å². The van der Waals surface area contributed by atoms with Crippen molar-refractivity contribution in [1.82, 2.24) is 0 Å². The van der Waals surface area contributed by atoms with Crippen molar-refractivity contribution in [2.24, 2.45) is 0 Å². The molecule has 0 unspecified atom stereocenters. The van der Waals surface area contributed by atoms with E-state index in [1.807, 2.05) is 12.1 Å². The summed E-state index contributed by atoms with van der Waals surface area (Å²) in [6.07, 6.45) is 2.06. The van der Waals surface area contributed by atoms with Crippen molar-refractivity contribution >= 4 is 17.1 Å². The SMILES string of the molecule is O=[N+]([O-])c1ccc(N2CCCc3ccccc32)c(CO)c1. The number of hydrogen-bond acceptors (Lipinski definition) is 4. The standard InChI is InChI=1S/C16H16N2O3/c19-11-13-10-14(18(20)21)7-8-16(13)17-9-3-5-12-4-1-2-6-15(12)17/h1-2,4,6-8,10,19H,3,5,9,11H2. The third-order valence-corrected chi connectivity index (χ3v) is 3.85. The molecular formula is C16H16N2O3. The highest BCUT2D eigenvalue weighted by atomic mass is 16.6. The highest BCUT2D eigenvalue weighted by molar-refractivity contribution is 5.71. The summed E-state index contributed by atoms with van der Waals surface area (Å²) in [5.74, 6) is 0. The second kappa shape index (κ2) is 5.54. The average Bonchev–Trinajstić information content (AvgIpc) is 2.53. The van der Waals surface area contributed by atoms with Crippen LogP contribution in [0.25, 0.3) is 0 Å². The Labute approximate surface area is 122 Å². The molecule has 3 rings (SSSR count). The van der Waals surface area contributed by atoms with E-state index < -0.39 is 4.92 Å². The van der Waals surface area contributed by atoms with Gasteiger partial charge < -0.3 is 10.0 Å². The Balaban J connectivity index is 2.07. The zero-order valence-electron chi connectivity index (χ0n) is 11.5. The molecule has 5 nitrogen and oxygen atoms in total. The molecule has 0 fully saturated rings. The third kappa shape index (κ3) is 2.48. The zero-order chi connectivity index (χ0) is 14.8. The molecule has 108 valence electrons. The van der Waals surface area contributed by atoms with Gasteiger partial charge in [-0.25, -0.2) is 0 Å². The van der Waals surface area contributed by atoms with Gasteiger partial charge in [0.1, 0.15) is 0 Å². The van der Waals surface area contributed by atoms with Crippen LogP contribution in [-0.4, -0.2) is 16.6 Å². The van der Waals surface area contributed by atoms with Crippen molar-refractivity contribution in [1.29, 1.82) is 0 Å². The molecule has 0 saturated carbocycles. The predicted molar refractivity (Wildman–Crippen MR) is 80.8 cm³/mol. The number of fused-ring (bicyclic) bond motifs is 1. The summed E-state index contributed by atoms with van der Waals surface area (Å²) < 4.78 is 0. The minimum atomic E-state index is -0.437. The summed E-state index contributed by atoms with van der Waals surface area (Å²) in [5, 5.41) is 20.4. The molecule has 2 aromatic carbocycles. The number of para-hydroxylation sites is 1. The van der Waals surface area contributed by atoms with E-state index in [1.54, 1.807) is 6.07 Å². The van der Waals surface area contributed by atoms with E-state index in [4.69, 9.17) is 0 Å². The lowest BCUT2D eigenvalue weighted by Gasteiger charge is -2.32. The number of anilines is 2. The number of rotatable bonds is 3. The van der Waals surface area contributed by atoms with Crippen LogP contribution < -0.4 is 4.90 Å². The number of aryl methyl sites for hydroxylation is 1. The molecule has 0 radical (unpaired) electrons. The van der Waals surface area contributed by atoms with Crippen LogP contribution in [0.4, 0.5) is 17.1 Å². The first kappa shape index (κ1) is 13.6. The second-order valence-corrected chi connectivity index (χ2v) is 5.11. The fourth-order valence-electron chi connectivity index (χ4n) is 2.86. The van der Waals surface area contributed by atoms with Gasteiger partial charge in [-0.05, 0) is 30.5 Å². The Hall–Kier alpha value is -2.40. The minimum absolute atomic E-state index is 0.00749. The molecule has 0 saturated heterocycles. The Morgan fingerprint density at radius 2 is 2.00 bits per heavy atom. The molecule has 1 N–H and O–H groups in total. The average molecular weight is 284 g/mol. The van der Waals surface area contributed by atoms with Gasteiger partial charge in [0.15, 0.2) is 0 Å². The first-order chi connectivity index (χ1) is 10.2. The van der Waals surface area contributed by atoms with Crippen molar-refractivity contribution in [3.05, 3.63) is 63.7 Å². The molecule has 5 heteroatoms. The van der Waals surface area contributed by atoms with Crippen molar-refractivity contribution in [3.63, 3.8) is 0 Å². The lowest BCUT2D eigenvalue weighted by molar-refractivity contribution is -0.384. The van der Waals surface area contributed by atoms with E-state index in [0.717, 1.165) is 30.8 Å². The smallest absolute Gasteiger partial charge is 0.269 e. The molecule has 1 aliphatic heterocycles. The highest BCUT2D eigenvalue weighted by Crippen LogP contribution is 2.36. The molecule has 0 aliphatic carbocycles. The highest BCUT2D eigenvalue weighted by Gasteiger charge is 2.21. The van der Waals surface area contributed by atoms with Crippen LogP contribution in [0.3, 0.4) is 0 Å². The van der Waals surface area contributed by atoms with Crippen molar-refractivity contribution in [2.45, 2.75) is 19.4 Å². The number of aliphatic hydroxyl groups excluding tert-OH is 1. The zero-order valence-corrected chi connectivity index (χ0v) is 11.5. The van der Waals surface area contributed by atoms with Gasteiger partial charge in [0.25, 0.3) is 5.69 Å². The van der Waals surface area contributed by atoms with Gasteiger partial charge in [0.05, 0.1) is 11.5 Å². The maximum absolute atomic E-state index is 10.9. The van der Waals surface area contributed by atoms with Gasteiger partial charge >= 0.3 is 0 Å². The maximum atomic E-state index is 10.9. The fraction of sp³-hybridized carbons (Fsp3) is 0.250. The summed E-state index contributed by atoms with van der Waals surface area (Å²) in [5.41, 5.74) is 3.82. The molecule has 21 heavy (non-hydrogen) atoms. The number of non-ortho nitro benzene ring substituents is 1. The number of nitrogens with zero attached hydrogens (tertiary/aromatic N) is 2. The van der Waals surface area contributed by atoms with Crippen molar-refractivity contribution in [3.8, 4) is 0 Å². The topological polar surface area (TPSA) is 66.6 Å². The van der Waals surface area contributed by atoms with E-state index in [1.165, 1.54) is 17.7 Å². The Kier molecular flexibility index (Phi) is 3.58. The summed E-state index contributed by atoms with van der Waals surface area (Å²) in [7, 11) is 0. The predicted octanol–water partition coefficient (Wildman–Crippen LogP) is 3.17. The lowest BCUT2D eigenvalue weighted by Crippen LogP contribution is -2.25. The molecule has 0 spiro atoms. The summed E-state index contributed by atoms with van der Waals surface area (Å²) >= 11 is 0. The molecule has 2 aromatic rings. The van der Waals surface area contributed by atoms with Gasteiger partial charge in [-0.3, -0.25) is 10.1 Å². The number of hydrogen-bond donors (Lipinski definition) is 1. The molecule has 0 aromatic heterocycles. The van der Waals surface area contributed by atoms with Crippen LogP contribution in [-0.2, 0) is 13.0 Å². The number of aliphatic hydroxyl groups is 1. The Morgan fingerprint density at radius 1 is 1.19 bits per heavy atom. The van der Waals surface area contributed by atoms with Gasteiger partial charge in [-0.2, -0.15) is 0 Å². The number of nitro groups is 1. The monoisotopic (exact) mass is 284 g/mol.